The molecule has 1 unspecified atom stereocenters. The van der Waals surface area contributed by atoms with Crippen LogP contribution >= 0.6 is 0 Å². The maximum atomic E-state index is 12.2. The number of ketones is 1. The molecule has 0 fully saturated rings. The van der Waals surface area contributed by atoms with Crippen molar-refractivity contribution in [3.05, 3.63) is 35.4 Å². The molecule has 0 saturated heterocycles. The van der Waals surface area contributed by atoms with E-state index < -0.39 is 0 Å². The number of rotatable bonds is 3. The summed E-state index contributed by atoms with van der Waals surface area (Å²) in [4.78, 5) is 12.2. The first kappa shape index (κ1) is 11.3. The summed E-state index contributed by atoms with van der Waals surface area (Å²) in [6.45, 7) is -0.314. The molecule has 16 heavy (non-hydrogen) atoms. The van der Waals surface area contributed by atoms with E-state index in [-0.39, 0.29) is 18.4 Å². The first-order chi connectivity index (χ1) is 7.83. The highest BCUT2D eigenvalue weighted by Crippen LogP contribution is 2.27. The number of fused-ring (bicyclic) bond motifs is 1. The maximum Gasteiger partial charge on any atom is 0.166 e. The lowest BCUT2D eigenvalue weighted by atomic mass is 9.91. The smallest absolute Gasteiger partial charge is 0.166 e. The molecule has 0 aromatic heterocycles. The molecule has 86 valence electrons. The number of halogens is 1. The third-order valence-electron chi connectivity index (χ3n) is 3.34. The predicted molar refractivity (Wildman–Crippen MR) is 62.4 cm³/mol. The lowest BCUT2D eigenvalue weighted by Crippen LogP contribution is -2.14. The van der Waals surface area contributed by atoms with E-state index in [0.717, 1.165) is 30.4 Å². The predicted octanol–water partition coefficient (Wildman–Crippen LogP) is 3.57. The number of hydrogen-bond acceptors (Lipinski definition) is 1. The fourth-order valence-electron chi connectivity index (χ4n) is 2.47. The van der Waals surface area contributed by atoms with Gasteiger partial charge in [0.2, 0.25) is 0 Å². The second-order valence-corrected chi connectivity index (χ2v) is 4.44. The van der Waals surface area contributed by atoms with Gasteiger partial charge in [-0.05, 0) is 37.7 Å². The van der Waals surface area contributed by atoms with Gasteiger partial charge >= 0.3 is 0 Å². The van der Waals surface area contributed by atoms with Gasteiger partial charge in [0.25, 0.3) is 0 Å². The zero-order valence-electron chi connectivity index (χ0n) is 9.42. The van der Waals surface area contributed by atoms with Crippen LogP contribution in [0, 0.1) is 5.92 Å². The molecule has 1 atom stereocenters. The van der Waals surface area contributed by atoms with E-state index in [0.29, 0.717) is 12.8 Å². The standard InChI is InChI=1S/C14H17FO/c15-10-4-8-12-7-3-6-11-5-1-2-9-13(11)14(12)16/h1-2,5,9,12H,3-4,6-8,10H2. The molecule has 1 aliphatic carbocycles. The van der Waals surface area contributed by atoms with Gasteiger partial charge in [-0.2, -0.15) is 0 Å². The quantitative estimate of drug-likeness (QED) is 0.712. The summed E-state index contributed by atoms with van der Waals surface area (Å²) in [7, 11) is 0. The van der Waals surface area contributed by atoms with Crippen molar-refractivity contribution in [3.8, 4) is 0 Å². The minimum absolute atomic E-state index is 0.0411. The lowest BCUT2D eigenvalue weighted by molar-refractivity contribution is 0.0906. The Hall–Kier alpha value is -1.18. The van der Waals surface area contributed by atoms with Crippen molar-refractivity contribution in [2.45, 2.75) is 32.1 Å². The number of benzene rings is 1. The van der Waals surface area contributed by atoms with Crippen LogP contribution in [0.1, 0.15) is 41.6 Å². The molecule has 0 bridgehead atoms. The Labute approximate surface area is 95.7 Å². The third-order valence-corrected chi connectivity index (χ3v) is 3.34. The zero-order valence-corrected chi connectivity index (χ0v) is 9.42. The average Bonchev–Trinajstić information content (AvgIpc) is 2.47. The van der Waals surface area contributed by atoms with Crippen molar-refractivity contribution >= 4 is 5.78 Å². The highest BCUT2D eigenvalue weighted by molar-refractivity contribution is 5.99. The molecular formula is C14H17FO. The molecule has 2 rings (SSSR count). The maximum absolute atomic E-state index is 12.2. The first-order valence-electron chi connectivity index (χ1n) is 6.01. The Bertz CT molecular complexity index is 371. The van der Waals surface area contributed by atoms with Crippen LogP contribution < -0.4 is 0 Å². The molecule has 0 saturated carbocycles. The van der Waals surface area contributed by atoms with Gasteiger partial charge in [-0.15, -0.1) is 0 Å². The number of carbonyl (C=O) groups is 1. The van der Waals surface area contributed by atoms with Crippen molar-refractivity contribution in [2.24, 2.45) is 5.92 Å². The molecule has 0 spiro atoms. The normalized spacial score (nSPS) is 20.3. The zero-order chi connectivity index (χ0) is 11.4. The second kappa shape index (κ2) is 5.24. The molecule has 1 aromatic rings. The number of carbonyl (C=O) groups excluding carboxylic acids is 1. The average molecular weight is 220 g/mol. The Morgan fingerprint density at radius 3 is 2.94 bits per heavy atom. The van der Waals surface area contributed by atoms with E-state index in [2.05, 4.69) is 0 Å². The Morgan fingerprint density at radius 1 is 1.31 bits per heavy atom. The number of Topliss-reactive ketones (excluding diaryl/α,β-unsaturated/α-hetero) is 1. The van der Waals surface area contributed by atoms with Gasteiger partial charge < -0.3 is 0 Å². The van der Waals surface area contributed by atoms with Gasteiger partial charge in [0.15, 0.2) is 5.78 Å². The van der Waals surface area contributed by atoms with Crippen LogP contribution in [0.2, 0.25) is 0 Å². The summed E-state index contributed by atoms with van der Waals surface area (Å²) >= 11 is 0. The van der Waals surface area contributed by atoms with Crippen LogP contribution in [0.3, 0.4) is 0 Å². The van der Waals surface area contributed by atoms with E-state index in [1.165, 1.54) is 0 Å². The Morgan fingerprint density at radius 2 is 2.12 bits per heavy atom. The molecule has 0 radical (unpaired) electrons. The summed E-state index contributed by atoms with van der Waals surface area (Å²) in [5.41, 5.74) is 2.03. The summed E-state index contributed by atoms with van der Waals surface area (Å²) in [6.07, 6.45) is 4.14. The minimum atomic E-state index is -0.314. The molecular weight excluding hydrogens is 203 g/mol. The monoisotopic (exact) mass is 220 g/mol. The van der Waals surface area contributed by atoms with Gasteiger partial charge in [-0.3, -0.25) is 9.18 Å². The fraction of sp³-hybridized carbons (Fsp3) is 0.500. The molecule has 0 heterocycles. The third kappa shape index (κ3) is 2.31. The van der Waals surface area contributed by atoms with Crippen LogP contribution in [0.4, 0.5) is 4.39 Å². The minimum Gasteiger partial charge on any atom is -0.294 e. The Balaban J connectivity index is 2.20. The van der Waals surface area contributed by atoms with Crippen LogP contribution in [-0.2, 0) is 6.42 Å². The van der Waals surface area contributed by atoms with Crippen LogP contribution in [0.25, 0.3) is 0 Å². The largest absolute Gasteiger partial charge is 0.294 e. The van der Waals surface area contributed by atoms with Gasteiger partial charge in [-0.1, -0.05) is 24.3 Å². The van der Waals surface area contributed by atoms with Gasteiger partial charge in [0.05, 0.1) is 6.67 Å². The van der Waals surface area contributed by atoms with Gasteiger partial charge in [-0.25, -0.2) is 0 Å². The summed E-state index contributed by atoms with van der Waals surface area (Å²) in [5.74, 6) is 0.265. The second-order valence-electron chi connectivity index (χ2n) is 4.44. The molecule has 1 aliphatic rings. The van der Waals surface area contributed by atoms with Crippen molar-refractivity contribution in [2.75, 3.05) is 6.67 Å². The van der Waals surface area contributed by atoms with E-state index in [4.69, 9.17) is 0 Å². The van der Waals surface area contributed by atoms with Crippen molar-refractivity contribution in [1.29, 1.82) is 0 Å². The number of alkyl halides is 1. The number of aryl methyl sites for hydroxylation is 1. The van der Waals surface area contributed by atoms with Gasteiger partial charge in [0, 0.05) is 11.5 Å². The van der Waals surface area contributed by atoms with Crippen molar-refractivity contribution in [3.63, 3.8) is 0 Å². The summed E-state index contributed by atoms with van der Waals surface area (Å²) < 4.78 is 12.2. The van der Waals surface area contributed by atoms with Crippen LogP contribution in [0.15, 0.2) is 24.3 Å². The number of hydrogen-bond donors (Lipinski definition) is 0. The summed E-state index contributed by atoms with van der Waals surface area (Å²) in [6, 6.07) is 7.83. The fourth-order valence-corrected chi connectivity index (χ4v) is 2.47. The SMILES string of the molecule is O=C1c2ccccc2CCCC1CCCF. The van der Waals surface area contributed by atoms with Crippen molar-refractivity contribution < 1.29 is 9.18 Å². The van der Waals surface area contributed by atoms with E-state index in [1.54, 1.807) is 0 Å². The highest BCUT2D eigenvalue weighted by atomic mass is 19.1. The molecule has 0 N–H and O–H groups in total. The van der Waals surface area contributed by atoms with Crippen LogP contribution in [0.5, 0.6) is 0 Å². The van der Waals surface area contributed by atoms with E-state index in [9.17, 15) is 9.18 Å². The highest BCUT2D eigenvalue weighted by Gasteiger charge is 2.24. The molecule has 2 heteroatoms. The molecule has 1 aromatic carbocycles. The van der Waals surface area contributed by atoms with Crippen molar-refractivity contribution in [1.82, 2.24) is 0 Å². The summed E-state index contributed by atoms with van der Waals surface area (Å²) in [5, 5.41) is 0. The van der Waals surface area contributed by atoms with E-state index in [1.807, 2.05) is 24.3 Å². The first-order valence-corrected chi connectivity index (χ1v) is 6.01. The molecule has 1 nitrogen and oxygen atoms in total. The Kier molecular flexibility index (Phi) is 3.70. The topological polar surface area (TPSA) is 17.1 Å². The van der Waals surface area contributed by atoms with Crippen LogP contribution in [-0.4, -0.2) is 12.5 Å². The van der Waals surface area contributed by atoms with E-state index >= 15 is 0 Å². The van der Waals surface area contributed by atoms with Gasteiger partial charge in [0.1, 0.15) is 0 Å². The molecule has 0 aliphatic heterocycles. The molecule has 0 amide bonds. The lowest BCUT2D eigenvalue weighted by Gasteiger charge is -2.12.